The van der Waals surface area contributed by atoms with Gasteiger partial charge in [0.2, 0.25) is 11.8 Å². The van der Waals surface area contributed by atoms with E-state index in [1.54, 1.807) is 0 Å². The minimum Gasteiger partial charge on any atom is -0.435 e. The van der Waals surface area contributed by atoms with Gasteiger partial charge in [-0.05, 0) is 59.2 Å². The lowest BCUT2D eigenvalue weighted by molar-refractivity contribution is 0.621. The summed E-state index contributed by atoms with van der Waals surface area (Å²) < 4.78 is 11.1. The lowest BCUT2D eigenvalue weighted by Gasteiger charge is -2.14. The SMILES string of the molecule is c1ccc(-c2nc(-c3ccccc3-c3ccccc3)nc(-n3c4ccccc4c4ccc5c6ccccc6n(-c6ccc(-c7cccc8nc(-c9ccccc9)oc78)cc6)c5c43)n2)cc1. The standard InChI is InChI=1S/C58H36N6O/c1-4-17-37(18-5-1)42-23-10-11-26-48(42)56-60-55(39-19-6-2-7-20-39)61-58(62-56)64-51-30-15-13-25-45(51)47-36-35-46-44-24-12-14-29-50(44)63(52(46)53(47)64)41-33-31-38(32-34-41)43-27-16-28-49-54(43)65-57(59-49)40-21-8-3-9-22-40/h1-36H. The highest BCUT2D eigenvalue weighted by atomic mass is 16.3. The van der Waals surface area contributed by atoms with Crippen LogP contribution < -0.4 is 0 Å². The van der Waals surface area contributed by atoms with Crippen LogP contribution in [-0.4, -0.2) is 29.1 Å². The Kier molecular flexibility index (Phi) is 8.39. The number of oxazole rings is 1. The summed E-state index contributed by atoms with van der Waals surface area (Å²) in [4.78, 5) is 20.8. The zero-order chi connectivity index (χ0) is 42.8. The van der Waals surface area contributed by atoms with Gasteiger partial charge >= 0.3 is 0 Å². The van der Waals surface area contributed by atoms with E-state index < -0.39 is 0 Å². The van der Waals surface area contributed by atoms with Crippen molar-refractivity contribution in [2.75, 3.05) is 0 Å². The van der Waals surface area contributed by atoms with Gasteiger partial charge in [0.05, 0.1) is 22.1 Å². The van der Waals surface area contributed by atoms with Crippen molar-refractivity contribution in [3.8, 4) is 68.1 Å². The van der Waals surface area contributed by atoms with E-state index in [1.807, 2.05) is 66.7 Å². The lowest BCUT2D eigenvalue weighted by atomic mass is 9.99. The van der Waals surface area contributed by atoms with Gasteiger partial charge < -0.3 is 8.98 Å². The van der Waals surface area contributed by atoms with Gasteiger partial charge in [0.25, 0.3) is 0 Å². The fourth-order valence-electron chi connectivity index (χ4n) is 9.50. The second kappa shape index (κ2) is 14.9. The van der Waals surface area contributed by atoms with Crippen LogP contribution in [0.3, 0.4) is 0 Å². The Labute approximate surface area is 373 Å². The molecule has 7 nitrogen and oxygen atoms in total. The van der Waals surface area contributed by atoms with E-state index in [0.717, 1.165) is 99.3 Å². The van der Waals surface area contributed by atoms with Gasteiger partial charge in [-0.15, -0.1) is 0 Å². The molecule has 65 heavy (non-hydrogen) atoms. The maximum absolute atomic E-state index is 6.46. The summed E-state index contributed by atoms with van der Waals surface area (Å²) in [6.45, 7) is 0. The smallest absolute Gasteiger partial charge is 0.238 e. The molecule has 0 amide bonds. The van der Waals surface area contributed by atoms with Crippen molar-refractivity contribution in [1.82, 2.24) is 29.1 Å². The van der Waals surface area contributed by atoms with E-state index >= 15 is 0 Å². The van der Waals surface area contributed by atoms with Crippen LogP contribution in [0.2, 0.25) is 0 Å². The molecular weight excluding hydrogens is 797 g/mol. The molecule has 0 bridgehead atoms. The Morgan fingerprint density at radius 1 is 0.323 bits per heavy atom. The second-order valence-electron chi connectivity index (χ2n) is 16.2. The van der Waals surface area contributed by atoms with Crippen molar-refractivity contribution >= 4 is 54.7 Å². The third kappa shape index (κ3) is 5.98. The van der Waals surface area contributed by atoms with E-state index in [-0.39, 0.29) is 0 Å². The number of fused-ring (bicyclic) bond motifs is 8. The number of rotatable bonds is 7. The fraction of sp³-hybridized carbons (Fsp3) is 0. The monoisotopic (exact) mass is 832 g/mol. The van der Waals surface area contributed by atoms with Crippen molar-refractivity contribution in [3.05, 3.63) is 218 Å². The first-order chi connectivity index (χ1) is 32.2. The van der Waals surface area contributed by atoms with Crippen LogP contribution in [-0.2, 0) is 0 Å². The Morgan fingerprint density at radius 3 is 1.54 bits per heavy atom. The van der Waals surface area contributed by atoms with Crippen molar-refractivity contribution in [2.45, 2.75) is 0 Å². The van der Waals surface area contributed by atoms with Crippen LogP contribution in [0.4, 0.5) is 0 Å². The summed E-state index contributed by atoms with van der Waals surface area (Å²) in [5.74, 6) is 2.34. The zero-order valence-corrected chi connectivity index (χ0v) is 34.9. The summed E-state index contributed by atoms with van der Waals surface area (Å²) in [7, 11) is 0. The molecule has 0 saturated heterocycles. The molecule has 4 heterocycles. The van der Waals surface area contributed by atoms with Crippen molar-refractivity contribution in [1.29, 1.82) is 0 Å². The molecule has 0 radical (unpaired) electrons. The highest BCUT2D eigenvalue weighted by Gasteiger charge is 2.24. The van der Waals surface area contributed by atoms with E-state index in [1.165, 1.54) is 0 Å². The number of hydrogen-bond acceptors (Lipinski definition) is 5. The minimum absolute atomic E-state index is 0.539. The molecule has 0 saturated carbocycles. The van der Waals surface area contributed by atoms with Crippen LogP contribution in [0, 0.1) is 0 Å². The number of nitrogens with zero attached hydrogens (tertiary/aromatic N) is 6. The summed E-state index contributed by atoms with van der Waals surface area (Å²) in [5, 5.41) is 4.50. The largest absolute Gasteiger partial charge is 0.435 e. The van der Waals surface area contributed by atoms with Crippen LogP contribution in [0.5, 0.6) is 0 Å². The van der Waals surface area contributed by atoms with Gasteiger partial charge in [0.15, 0.2) is 17.2 Å². The molecule has 0 N–H and O–H groups in total. The normalized spacial score (nSPS) is 11.7. The zero-order valence-electron chi connectivity index (χ0n) is 34.9. The van der Waals surface area contributed by atoms with Gasteiger partial charge in [0, 0.05) is 49.5 Å². The topological polar surface area (TPSA) is 74.6 Å². The molecule has 0 fully saturated rings. The second-order valence-corrected chi connectivity index (χ2v) is 16.2. The van der Waals surface area contributed by atoms with Crippen LogP contribution in [0.1, 0.15) is 0 Å². The number of para-hydroxylation sites is 3. The predicted molar refractivity (Wildman–Crippen MR) is 263 cm³/mol. The Hall–Kier alpha value is -8.94. The molecule has 304 valence electrons. The molecule has 0 unspecified atom stereocenters. The summed E-state index contributed by atoms with van der Waals surface area (Å²) in [6.07, 6.45) is 0. The molecule has 7 heteroatoms. The third-order valence-electron chi connectivity index (χ3n) is 12.4. The van der Waals surface area contributed by atoms with Gasteiger partial charge in [-0.1, -0.05) is 176 Å². The van der Waals surface area contributed by atoms with Crippen LogP contribution >= 0.6 is 0 Å². The molecule has 0 aliphatic carbocycles. The molecule has 13 rings (SSSR count). The highest BCUT2D eigenvalue weighted by molar-refractivity contribution is 6.23. The number of aromatic nitrogens is 6. The molecule has 0 aliphatic rings. The Bertz CT molecular complexity index is 3930. The minimum atomic E-state index is 0.539. The molecule has 0 atom stereocenters. The molecular formula is C58H36N6O. The molecule has 0 spiro atoms. The first-order valence-electron chi connectivity index (χ1n) is 21.7. The first-order valence-corrected chi connectivity index (χ1v) is 21.7. The summed E-state index contributed by atoms with van der Waals surface area (Å²) in [5.41, 5.74) is 13.7. The lowest BCUT2D eigenvalue weighted by Crippen LogP contribution is -2.07. The van der Waals surface area contributed by atoms with E-state index in [0.29, 0.717) is 23.5 Å². The number of hydrogen-bond donors (Lipinski definition) is 0. The average Bonchev–Trinajstić information content (AvgIpc) is 4.08. The fourth-order valence-corrected chi connectivity index (χ4v) is 9.50. The highest BCUT2D eigenvalue weighted by Crippen LogP contribution is 2.42. The van der Waals surface area contributed by atoms with Crippen molar-refractivity contribution in [2.24, 2.45) is 0 Å². The maximum Gasteiger partial charge on any atom is 0.238 e. The first kappa shape index (κ1) is 36.7. The quantitative estimate of drug-likeness (QED) is 0.160. The maximum atomic E-state index is 6.46. The van der Waals surface area contributed by atoms with Gasteiger partial charge in [-0.3, -0.25) is 4.57 Å². The predicted octanol–water partition coefficient (Wildman–Crippen LogP) is 14.5. The van der Waals surface area contributed by atoms with Gasteiger partial charge in [0.1, 0.15) is 5.52 Å². The summed E-state index contributed by atoms with van der Waals surface area (Å²) in [6, 6.07) is 75.7. The van der Waals surface area contributed by atoms with E-state index in [4.69, 9.17) is 24.4 Å². The molecule has 9 aromatic carbocycles. The van der Waals surface area contributed by atoms with Crippen LogP contribution in [0.25, 0.3) is 123 Å². The third-order valence-corrected chi connectivity index (χ3v) is 12.4. The number of benzene rings is 9. The van der Waals surface area contributed by atoms with Crippen molar-refractivity contribution < 1.29 is 4.42 Å². The average molecular weight is 833 g/mol. The molecule has 4 aromatic heterocycles. The van der Waals surface area contributed by atoms with Gasteiger partial charge in [-0.25, -0.2) is 9.97 Å². The van der Waals surface area contributed by atoms with Gasteiger partial charge in [-0.2, -0.15) is 9.97 Å². The Balaban J connectivity index is 1.06. The Morgan fingerprint density at radius 2 is 0.846 bits per heavy atom. The molecule has 0 aliphatic heterocycles. The molecule has 13 aromatic rings. The van der Waals surface area contributed by atoms with Crippen LogP contribution in [0.15, 0.2) is 223 Å². The van der Waals surface area contributed by atoms with E-state index in [2.05, 4.69) is 161 Å². The van der Waals surface area contributed by atoms with Crippen molar-refractivity contribution in [3.63, 3.8) is 0 Å². The summed E-state index contributed by atoms with van der Waals surface area (Å²) >= 11 is 0. The van der Waals surface area contributed by atoms with E-state index in [9.17, 15) is 0 Å².